The number of benzene rings is 6. The largest absolute Gasteiger partial charge is 0.484 e. The highest BCUT2D eigenvalue weighted by molar-refractivity contribution is 6.04. The molecular formula is C75H88F2N10O10+2. The van der Waals surface area contributed by atoms with Crippen LogP contribution in [0, 0.1) is 11.6 Å². The zero-order chi connectivity index (χ0) is 68.0. The van der Waals surface area contributed by atoms with Crippen LogP contribution in [0.4, 0.5) is 25.8 Å². The fourth-order valence-electron chi connectivity index (χ4n) is 14.3. The molecule has 12 rings (SSSR count). The van der Waals surface area contributed by atoms with E-state index >= 15 is 0 Å². The van der Waals surface area contributed by atoms with Gasteiger partial charge in [0, 0.05) is 98.7 Å². The summed E-state index contributed by atoms with van der Waals surface area (Å²) in [6.45, 7) is 7.08. The van der Waals surface area contributed by atoms with Crippen LogP contribution < -0.4 is 41.4 Å². The molecule has 4 atom stereocenters. The first kappa shape index (κ1) is 68.8. The molecule has 510 valence electrons. The summed E-state index contributed by atoms with van der Waals surface area (Å²) in [6.07, 6.45) is 13.3. The molecule has 6 aliphatic rings. The maximum atomic E-state index is 14.5. The molecule has 2 unspecified atom stereocenters. The fourth-order valence-corrected chi connectivity index (χ4v) is 14.3. The Bertz CT molecular complexity index is 3820. The van der Waals surface area contributed by atoms with Gasteiger partial charge in [-0.25, -0.2) is 8.78 Å². The zero-order valence-electron chi connectivity index (χ0n) is 55.2. The summed E-state index contributed by atoms with van der Waals surface area (Å²) in [4.78, 5) is 113. The molecule has 0 radical (unpaired) electrons. The number of carbonyl (C=O) groups is 8. The first-order chi connectivity index (χ1) is 47.0. The molecule has 6 aromatic carbocycles. The van der Waals surface area contributed by atoms with Crippen molar-refractivity contribution in [1.82, 2.24) is 24.9 Å². The lowest BCUT2D eigenvalue weighted by Gasteiger charge is -2.40. The summed E-state index contributed by atoms with van der Waals surface area (Å²) in [5.41, 5.74) is 4.92. The molecule has 0 spiro atoms. The van der Waals surface area contributed by atoms with Gasteiger partial charge in [-0.05, 0) is 139 Å². The number of rotatable bonds is 17. The second-order valence-electron chi connectivity index (χ2n) is 26.3. The molecule has 0 bridgehead atoms. The lowest BCUT2D eigenvalue weighted by molar-refractivity contribution is -0.638. The number of nitrogens with one attached hydrogen (secondary N) is 4. The lowest BCUT2D eigenvalue weighted by atomic mass is 9.83. The number of para-hydroxylation sites is 1. The van der Waals surface area contributed by atoms with Crippen LogP contribution in [0.3, 0.4) is 0 Å². The maximum absolute atomic E-state index is 14.5. The minimum absolute atomic E-state index is 0.0355. The number of carbonyl (C=O) groups excluding carboxylic acids is 8. The van der Waals surface area contributed by atoms with Gasteiger partial charge in [-0.3, -0.25) is 38.4 Å². The summed E-state index contributed by atoms with van der Waals surface area (Å²) in [5, 5.41) is 15.4. The topological polar surface area (TPSA) is 249 Å². The molecule has 4 saturated heterocycles. The molecular weight excluding hydrogens is 1240 g/mol. The predicted octanol–water partition coefficient (Wildman–Crippen LogP) is 7.98. The van der Waals surface area contributed by atoms with Gasteiger partial charge in [0.15, 0.2) is 12.2 Å². The lowest BCUT2D eigenvalue weighted by Crippen LogP contribution is -2.81. The summed E-state index contributed by atoms with van der Waals surface area (Å²) in [5.74, 6) is -2.28. The molecule has 6 fully saturated rings. The van der Waals surface area contributed by atoms with Crippen LogP contribution in [0.1, 0.15) is 161 Å². The van der Waals surface area contributed by atoms with E-state index in [4.69, 9.17) is 9.47 Å². The van der Waals surface area contributed by atoms with E-state index in [1.807, 2.05) is 60.7 Å². The van der Waals surface area contributed by atoms with E-state index in [0.717, 1.165) is 143 Å². The van der Waals surface area contributed by atoms with Gasteiger partial charge in [0.25, 0.3) is 23.6 Å². The molecule has 4 aliphatic heterocycles. The third-order valence-electron chi connectivity index (χ3n) is 19.2. The van der Waals surface area contributed by atoms with Crippen molar-refractivity contribution < 1.29 is 67.2 Å². The van der Waals surface area contributed by atoms with Crippen LogP contribution >= 0.6 is 0 Å². The summed E-state index contributed by atoms with van der Waals surface area (Å²) >= 11 is 0. The van der Waals surface area contributed by atoms with E-state index in [1.165, 1.54) is 53.5 Å². The third kappa shape index (κ3) is 17.9. The molecule has 2 saturated carbocycles. The van der Waals surface area contributed by atoms with Crippen molar-refractivity contribution >= 4 is 64.3 Å². The number of hydrogen-bond donors (Lipinski definition) is 6. The monoisotopic (exact) mass is 1330 g/mol. The molecule has 6 aromatic rings. The predicted molar refractivity (Wildman–Crippen MR) is 362 cm³/mol. The Balaban J connectivity index is 0.000000197. The van der Waals surface area contributed by atoms with Gasteiger partial charge in [0.1, 0.15) is 48.3 Å². The highest BCUT2D eigenvalue weighted by atomic mass is 19.1. The second kappa shape index (κ2) is 32.5. The standard InChI is InChI=1S/C38H44FN5O5.C37H42FN5O5/c1-25(45)42-31-19-29(18-30(39)21-31)37(47)43-16-17-44(34(24-43)36(46)41-22-26-8-4-2-5-9-26)38(48)28-12-13-35(49-32-14-15-40-23-32)33(20-28)27-10-6-3-7-11-27;1-24(44)40-30-19-27(18-28(38)21-30)36(46)42-16-17-43(33(23-42)35(45)41-29-10-6-3-7-11-29)37(47)26-12-13-34(48-31-14-15-39-22-31)32(20-26)25-8-4-2-5-9-25/h2,4-5,8-9,12-13,18-21,27,32,34,40H,3,6-7,10-11,14-17,22-24H2,1H3,(H,41,46)(H,42,45);3,6-7,10-13,18-21,25,31,33,39H,2,4-5,8-9,14-17,22-23H2,1H3,(H,40,44)(H,41,45)/p+2/t32-,34?;31-,33?/m00/s1. The molecule has 4 heterocycles. The number of amides is 8. The van der Waals surface area contributed by atoms with E-state index in [1.54, 1.807) is 41.3 Å². The maximum Gasteiger partial charge on any atom is 0.254 e. The molecule has 0 aromatic heterocycles. The Morgan fingerprint density at radius 1 is 0.454 bits per heavy atom. The van der Waals surface area contributed by atoms with Crippen molar-refractivity contribution in [3.05, 3.63) is 184 Å². The van der Waals surface area contributed by atoms with Gasteiger partial charge in [-0.2, -0.15) is 0 Å². The number of piperazine rings is 2. The third-order valence-corrected chi connectivity index (χ3v) is 19.2. The Morgan fingerprint density at radius 3 is 1.33 bits per heavy atom. The van der Waals surface area contributed by atoms with Crippen LogP contribution in [0.25, 0.3) is 0 Å². The van der Waals surface area contributed by atoms with E-state index in [0.29, 0.717) is 28.7 Å². The number of hydrogen-bond acceptors (Lipinski definition) is 10. The first-order valence-corrected chi connectivity index (χ1v) is 34.3. The van der Waals surface area contributed by atoms with Gasteiger partial charge in [0.05, 0.1) is 26.2 Å². The minimum Gasteiger partial charge on any atom is -0.484 e. The number of quaternary nitrogens is 2. The van der Waals surface area contributed by atoms with Crippen molar-refractivity contribution in [1.29, 1.82) is 0 Å². The Morgan fingerprint density at radius 2 is 0.897 bits per heavy atom. The Kier molecular flexibility index (Phi) is 23.0. The van der Waals surface area contributed by atoms with Gasteiger partial charge in [-0.1, -0.05) is 87.1 Å². The average molecular weight is 1330 g/mol. The SMILES string of the molecule is CC(=O)Nc1cc(F)cc(C(=O)N2CCN(C(=O)c3ccc(O[C@H]4CC[NH2+]C4)c(C4CCCCC4)c3)C(C(=O)NCc3ccccc3)C2)c1.CC(=O)Nc1cc(F)cc(C(=O)N2CCN(C(=O)c3ccc(O[C@H]4CC[NH2+]C4)c(C4CCCCC4)c3)C(C(=O)Nc3ccccc3)C2)c1. The van der Waals surface area contributed by atoms with E-state index in [2.05, 4.69) is 31.9 Å². The van der Waals surface area contributed by atoms with E-state index in [9.17, 15) is 47.1 Å². The summed E-state index contributed by atoms with van der Waals surface area (Å²) in [6, 6.07) is 35.0. The number of anilines is 3. The Hall–Kier alpha value is -9.54. The van der Waals surface area contributed by atoms with Gasteiger partial charge < -0.3 is 61.0 Å². The van der Waals surface area contributed by atoms with Crippen molar-refractivity contribution in [3.63, 3.8) is 0 Å². The minimum atomic E-state index is -1.01. The van der Waals surface area contributed by atoms with Gasteiger partial charge in [-0.15, -0.1) is 0 Å². The number of nitrogens with two attached hydrogens (primary N) is 2. The van der Waals surface area contributed by atoms with Gasteiger partial charge >= 0.3 is 0 Å². The highest BCUT2D eigenvalue weighted by Crippen LogP contribution is 2.41. The smallest absolute Gasteiger partial charge is 0.254 e. The molecule has 20 nitrogen and oxygen atoms in total. The summed E-state index contributed by atoms with van der Waals surface area (Å²) in [7, 11) is 0. The first-order valence-electron chi connectivity index (χ1n) is 34.3. The molecule has 8 N–H and O–H groups in total. The van der Waals surface area contributed by atoms with Crippen molar-refractivity contribution in [2.75, 3.05) is 81.4 Å². The van der Waals surface area contributed by atoms with Gasteiger partial charge in [0.2, 0.25) is 23.6 Å². The molecule has 97 heavy (non-hydrogen) atoms. The molecule has 8 amide bonds. The Labute approximate surface area is 564 Å². The second-order valence-corrected chi connectivity index (χ2v) is 26.3. The van der Waals surface area contributed by atoms with Crippen molar-refractivity contribution in [3.8, 4) is 11.5 Å². The fraction of sp³-hybridized carbons (Fsp3) is 0.413. The molecule has 22 heteroatoms. The van der Waals surface area contributed by atoms with Crippen LogP contribution in [-0.2, 0) is 25.7 Å². The number of nitrogens with zero attached hydrogens (tertiary/aromatic N) is 4. The average Bonchev–Trinajstić information content (AvgIpc) is 1.76. The van der Waals surface area contributed by atoms with E-state index < -0.39 is 59.2 Å². The highest BCUT2D eigenvalue weighted by Gasteiger charge is 2.41. The zero-order valence-corrected chi connectivity index (χ0v) is 55.2. The summed E-state index contributed by atoms with van der Waals surface area (Å²) < 4.78 is 41.9. The van der Waals surface area contributed by atoms with Crippen LogP contribution in [-0.4, -0.2) is 157 Å². The van der Waals surface area contributed by atoms with Crippen molar-refractivity contribution in [2.45, 2.75) is 134 Å². The number of halogens is 2. The quantitative estimate of drug-likeness (QED) is 0.0514. The van der Waals surface area contributed by atoms with Crippen LogP contribution in [0.15, 0.2) is 133 Å². The molecule has 2 aliphatic carbocycles. The van der Waals surface area contributed by atoms with Crippen LogP contribution in [0.2, 0.25) is 0 Å². The van der Waals surface area contributed by atoms with E-state index in [-0.39, 0.29) is 92.3 Å². The van der Waals surface area contributed by atoms with Crippen molar-refractivity contribution in [2.24, 2.45) is 0 Å². The van der Waals surface area contributed by atoms with Crippen LogP contribution in [0.5, 0.6) is 11.5 Å². The normalized spacial score (nSPS) is 19.8. The number of ether oxygens (including phenoxy) is 2.